The molecule has 0 radical (unpaired) electrons. The van der Waals surface area contributed by atoms with Gasteiger partial charge in [0, 0.05) is 93.0 Å². The predicted molar refractivity (Wildman–Crippen MR) is 284 cm³/mol. The Labute approximate surface area is 450 Å². The average molecular weight is 1200 g/mol. The van der Waals surface area contributed by atoms with Crippen molar-refractivity contribution in [2.75, 3.05) is 49.3 Å². The van der Waals surface area contributed by atoms with Gasteiger partial charge in [0.2, 0.25) is 0 Å². The van der Waals surface area contributed by atoms with Gasteiger partial charge in [-0.1, -0.05) is 35.5 Å². The van der Waals surface area contributed by atoms with Crippen LogP contribution in [-0.2, 0) is 40.6 Å². The normalized spacial score (nSPS) is 17.7. The van der Waals surface area contributed by atoms with Crippen LogP contribution in [0.5, 0.6) is 0 Å². The van der Waals surface area contributed by atoms with E-state index in [-0.39, 0.29) is 52.9 Å². The number of H-pyrrole nitrogens is 1. The van der Waals surface area contributed by atoms with Crippen LogP contribution in [0, 0.1) is 28.2 Å². The monoisotopic (exact) mass is 1200 g/mol. The van der Waals surface area contributed by atoms with Crippen molar-refractivity contribution in [2.45, 2.75) is 96.8 Å². The molecule has 390 valence electrons. The van der Waals surface area contributed by atoms with Crippen LogP contribution in [-0.4, -0.2) is 129 Å². The molecule has 13 rings (SSSR count). The van der Waals surface area contributed by atoms with Crippen molar-refractivity contribution in [3.05, 3.63) is 110 Å². The number of hydrogen-bond acceptors (Lipinski definition) is 16. The van der Waals surface area contributed by atoms with Crippen LogP contribution in [0.4, 0.5) is 11.6 Å². The zero-order chi connectivity index (χ0) is 49.3. The van der Waals surface area contributed by atoms with Crippen LogP contribution < -0.4 is 9.80 Å². The number of aromatic nitrogens is 14. The number of aryl methyl sites for hydroxylation is 3. The van der Waals surface area contributed by atoms with Crippen molar-refractivity contribution in [1.82, 2.24) is 68.8 Å². The van der Waals surface area contributed by atoms with Crippen LogP contribution in [0.2, 0.25) is 0 Å². The second-order valence-electron chi connectivity index (χ2n) is 19.1. The summed E-state index contributed by atoms with van der Waals surface area (Å²) in [5, 5.41) is 19.2. The fourth-order valence-corrected chi connectivity index (χ4v) is 11.0. The van der Waals surface area contributed by atoms with E-state index in [9.17, 15) is 8.42 Å². The van der Waals surface area contributed by atoms with Crippen LogP contribution in [0.15, 0.2) is 90.3 Å². The van der Waals surface area contributed by atoms with Gasteiger partial charge in [-0.3, -0.25) is 0 Å². The largest absolute Gasteiger partial charge is 0.377 e. The van der Waals surface area contributed by atoms with Gasteiger partial charge in [0.05, 0.1) is 78.3 Å². The number of benzene rings is 1. The van der Waals surface area contributed by atoms with Crippen molar-refractivity contribution in [3.63, 3.8) is 0 Å². The standard InChI is InChI=1S/C29H30N8O3S.C22H24N8O.CH4.CH3.W/c1-18-4-8-22(9-5-18)41(38,39)36-13-11-24-23(10-12-30-29(24)36)28-31-25(27-20(3)33-34-37(27)21-6-7-21)16-26(32-28)35-14-15-40-17-19(35)2;1-13-12-31-10-9-29(13)19-11-18(20-14(2)27-28-30(20)15-3-4-15)25-22(26-19)17-6-8-24-21-16(17)5-7-23-21;;;/h4-5,8-13,16,19,21H,6-7,14-15,17H2,1-3H3;5-8,11,13,15H,3-4,9-10,12H2,1-2H3,(H,23,24);1H4;1H3;/q;;;-1;/t19-;13-;;;/m11.../s1. The molecule has 0 spiro atoms. The van der Waals surface area contributed by atoms with Crippen molar-refractivity contribution in [3.8, 4) is 45.6 Å². The molecule has 4 fully saturated rings. The number of anilines is 2. The quantitative estimate of drug-likeness (QED) is 0.127. The van der Waals surface area contributed by atoms with E-state index in [2.05, 4.69) is 65.3 Å². The van der Waals surface area contributed by atoms with Gasteiger partial charge in [-0.15, -0.1) is 10.2 Å². The van der Waals surface area contributed by atoms with E-state index < -0.39 is 10.0 Å². The predicted octanol–water partition coefficient (Wildman–Crippen LogP) is 8.40. The van der Waals surface area contributed by atoms with E-state index in [1.807, 2.05) is 60.6 Å². The van der Waals surface area contributed by atoms with Gasteiger partial charge < -0.3 is 31.7 Å². The van der Waals surface area contributed by atoms with Crippen molar-refractivity contribution >= 4 is 43.7 Å². The SMILES string of the molecule is C.Cc1ccc(S(=O)(=O)n2ccc3c(-c4nc(-c5c(C)nnn5C5CC5)cc(N5CCOC[C@H]5C)n4)ccnc32)cc1.Cc1nnn(C2CC2)c1-c1cc(N2CCOC[C@H]2C)nc(-c2ccnc3[nH]ccc23)n1.[CH3-].[W]. The third-order valence-corrected chi connectivity index (χ3v) is 15.5. The number of rotatable bonds is 10. The molecule has 2 atom stereocenters. The molecule has 1 N–H and O–H groups in total. The van der Waals surface area contributed by atoms with Crippen LogP contribution in [0.3, 0.4) is 0 Å². The van der Waals surface area contributed by atoms with Gasteiger partial charge in [0.1, 0.15) is 28.7 Å². The number of morpholine rings is 2. The minimum atomic E-state index is -3.86. The summed E-state index contributed by atoms with van der Waals surface area (Å²) >= 11 is 0. The molecule has 0 unspecified atom stereocenters. The van der Waals surface area contributed by atoms with Crippen molar-refractivity contribution in [2.24, 2.45) is 0 Å². The Hall–Kier alpha value is -6.80. The zero-order valence-electron chi connectivity index (χ0n) is 42.1. The Morgan fingerprint density at radius 2 is 1.17 bits per heavy atom. The first-order valence-electron chi connectivity index (χ1n) is 24.5. The molecular weight excluding hydrogens is 1140 g/mol. The molecule has 2 saturated carbocycles. The first kappa shape index (κ1) is 53.0. The van der Waals surface area contributed by atoms with Gasteiger partial charge >= 0.3 is 0 Å². The Balaban J connectivity index is 0.000000183. The number of hydrogen-bond donors (Lipinski definition) is 1. The molecule has 20 nitrogen and oxygen atoms in total. The average Bonchev–Trinajstić information content (AvgIpc) is 4.23. The smallest absolute Gasteiger partial charge is 0.269 e. The molecule has 1 aromatic carbocycles. The summed E-state index contributed by atoms with van der Waals surface area (Å²) < 4.78 is 43.7. The molecule has 2 saturated heterocycles. The van der Waals surface area contributed by atoms with Crippen LogP contribution in [0.25, 0.3) is 67.6 Å². The van der Waals surface area contributed by atoms with E-state index in [0.29, 0.717) is 73.3 Å². The summed E-state index contributed by atoms with van der Waals surface area (Å²) in [5.41, 5.74) is 8.92. The van der Waals surface area contributed by atoms with Crippen molar-refractivity contribution in [1.29, 1.82) is 0 Å². The molecule has 2 aliphatic carbocycles. The third-order valence-electron chi connectivity index (χ3n) is 13.8. The zero-order valence-corrected chi connectivity index (χ0v) is 45.9. The van der Waals surface area contributed by atoms with Gasteiger partial charge in [-0.25, -0.2) is 51.7 Å². The minimum Gasteiger partial charge on any atom is -0.377 e. The van der Waals surface area contributed by atoms with Crippen LogP contribution >= 0.6 is 0 Å². The Bertz CT molecular complexity index is 3610. The number of fused-ring (bicyclic) bond motifs is 2. The van der Waals surface area contributed by atoms with Gasteiger partial charge in [0.25, 0.3) is 10.0 Å². The summed E-state index contributed by atoms with van der Waals surface area (Å²) in [5.74, 6) is 2.85. The molecule has 75 heavy (non-hydrogen) atoms. The van der Waals surface area contributed by atoms with Crippen LogP contribution in [0.1, 0.15) is 76.0 Å². The Kier molecular flexibility index (Phi) is 15.2. The van der Waals surface area contributed by atoms with E-state index in [0.717, 1.165) is 100 Å². The maximum absolute atomic E-state index is 13.6. The topological polar surface area (TPSA) is 219 Å². The second-order valence-corrected chi connectivity index (χ2v) is 20.9. The molecule has 0 bridgehead atoms. The van der Waals surface area contributed by atoms with Gasteiger partial charge in [-0.05, 0) is 96.7 Å². The molecular formula is C53H61N16O4SW-. The third kappa shape index (κ3) is 10.1. The summed E-state index contributed by atoms with van der Waals surface area (Å²) in [6, 6.07) is 19.6. The summed E-state index contributed by atoms with van der Waals surface area (Å²) in [7, 11) is -3.86. The number of aromatic amines is 1. The summed E-state index contributed by atoms with van der Waals surface area (Å²) in [6.45, 7) is 14.2. The molecule has 10 heterocycles. The maximum atomic E-state index is 13.6. The summed E-state index contributed by atoms with van der Waals surface area (Å²) in [4.78, 5) is 36.9. The van der Waals surface area contributed by atoms with Gasteiger partial charge in [-0.2, -0.15) is 0 Å². The molecule has 8 aromatic heterocycles. The second kappa shape index (κ2) is 21.4. The molecule has 22 heteroatoms. The van der Waals surface area contributed by atoms with E-state index in [1.54, 1.807) is 48.9 Å². The first-order valence-corrected chi connectivity index (χ1v) is 26.0. The molecule has 9 aromatic rings. The molecule has 4 aliphatic rings. The van der Waals surface area contributed by atoms with Gasteiger partial charge in [0.15, 0.2) is 17.3 Å². The van der Waals surface area contributed by atoms with E-state index in [4.69, 9.17) is 29.4 Å². The Morgan fingerprint density at radius 3 is 1.69 bits per heavy atom. The number of nitrogens with one attached hydrogen (secondary N) is 1. The fraction of sp³-hybridized carbons (Fsp3) is 0.377. The van der Waals surface area contributed by atoms with E-state index in [1.165, 1.54) is 3.97 Å². The number of ether oxygens (including phenoxy) is 2. The fourth-order valence-electron chi connectivity index (χ4n) is 9.67. The maximum Gasteiger partial charge on any atom is 0.269 e. The Morgan fingerprint density at radius 1 is 0.653 bits per heavy atom. The first-order chi connectivity index (χ1) is 35.0. The molecule has 0 amide bonds. The molecule has 2 aliphatic heterocycles. The summed E-state index contributed by atoms with van der Waals surface area (Å²) in [6.07, 6.45) is 11.2. The number of nitrogens with zero attached hydrogens (tertiary/aromatic N) is 15. The minimum absolute atomic E-state index is 0. The number of pyridine rings is 2. The van der Waals surface area contributed by atoms with Crippen molar-refractivity contribution < 1.29 is 39.0 Å². The van der Waals surface area contributed by atoms with E-state index >= 15 is 0 Å².